The number of aliphatic hydroxyl groups is 1. The maximum absolute atomic E-state index is 13.0. The smallest absolute Gasteiger partial charge is 0.290 e. The molecule has 0 saturated heterocycles. The first-order valence-corrected chi connectivity index (χ1v) is 9.73. The summed E-state index contributed by atoms with van der Waals surface area (Å²) in [5, 5.41) is 10.6. The Balaban J connectivity index is 2.03. The highest BCUT2D eigenvalue weighted by molar-refractivity contribution is 6.09. The van der Waals surface area contributed by atoms with Crippen LogP contribution < -0.4 is 4.90 Å². The predicted octanol–water partition coefficient (Wildman–Crippen LogP) is 3.66. The third kappa shape index (κ3) is 4.31. The first-order chi connectivity index (χ1) is 13.8. The van der Waals surface area contributed by atoms with E-state index in [4.69, 9.17) is 0 Å². The molecule has 0 radical (unpaired) electrons. The number of aromatic nitrogens is 1. The number of hydrogen-bond donors (Lipinski definition) is 1. The molecule has 1 aromatic heterocycles. The van der Waals surface area contributed by atoms with Crippen LogP contribution in [0.1, 0.15) is 37.4 Å². The molecule has 29 heavy (non-hydrogen) atoms. The zero-order valence-corrected chi connectivity index (χ0v) is 17.3. The molecule has 1 aromatic carbocycles. The lowest BCUT2D eigenvalue weighted by Crippen LogP contribution is -2.30. The van der Waals surface area contributed by atoms with Gasteiger partial charge in [-0.2, -0.15) is 0 Å². The number of hydrogen-bond acceptors (Lipinski definition) is 5. The number of rotatable bonds is 7. The van der Waals surface area contributed by atoms with Gasteiger partial charge in [0, 0.05) is 45.1 Å². The molecule has 1 unspecified atom stereocenters. The van der Waals surface area contributed by atoms with Crippen molar-refractivity contribution in [3.8, 4) is 0 Å². The fraction of sp³-hybridized carbons (Fsp3) is 0.348. The van der Waals surface area contributed by atoms with Gasteiger partial charge in [-0.25, -0.2) is 0 Å². The van der Waals surface area contributed by atoms with Crippen LogP contribution in [0.25, 0.3) is 0 Å². The van der Waals surface area contributed by atoms with Crippen LogP contribution >= 0.6 is 0 Å². The average molecular weight is 393 g/mol. The highest BCUT2D eigenvalue weighted by atomic mass is 16.3. The molecule has 2 heterocycles. The summed E-state index contributed by atoms with van der Waals surface area (Å²) in [6.45, 7) is 4.17. The van der Waals surface area contributed by atoms with Crippen molar-refractivity contribution in [2.75, 3.05) is 19.0 Å². The van der Waals surface area contributed by atoms with E-state index in [1.807, 2.05) is 69.2 Å². The first kappa shape index (κ1) is 20.6. The number of anilines is 1. The summed E-state index contributed by atoms with van der Waals surface area (Å²) in [5.41, 5.74) is 2.89. The Morgan fingerprint density at radius 2 is 1.76 bits per heavy atom. The van der Waals surface area contributed by atoms with Crippen LogP contribution in [0, 0.1) is 5.92 Å². The largest absolute Gasteiger partial charge is 0.503 e. The van der Waals surface area contributed by atoms with Crippen molar-refractivity contribution < 1.29 is 14.7 Å². The van der Waals surface area contributed by atoms with Crippen LogP contribution in [0.5, 0.6) is 0 Å². The molecular weight excluding hydrogens is 366 g/mol. The lowest BCUT2D eigenvalue weighted by molar-refractivity contribution is -0.130. The average Bonchev–Trinajstić information content (AvgIpc) is 2.93. The SMILES string of the molecule is CC(C)CC(=O)C1=C(O)C(=O)N(Cc2ccncc2)C1c1ccc(N(C)C)cc1. The molecule has 0 saturated carbocycles. The number of pyridine rings is 1. The molecule has 0 aliphatic carbocycles. The number of carbonyl (C=O) groups excluding carboxylic acids is 2. The van der Waals surface area contributed by atoms with E-state index in [1.165, 1.54) is 0 Å². The van der Waals surface area contributed by atoms with E-state index in [2.05, 4.69) is 4.98 Å². The van der Waals surface area contributed by atoms with Crippen LogP contribution in [0.4, 0.5) is 5.69 Å². The third-order valence-corrected chi connectivity index (χ3v) is 5.03. The van der Waals surface area contributed by atoms with Crippen molar-refractivity contribution >= 4 is 17.4 Å². The third-order valence-electron chi connectivity index (χ3n) is 5.03. The van der Waals surface area contributed by atoms with Gasteiger partial charge >= 0.3 is 0 Å². The summed E-state index contributed by atoms with van der Waals surface area (Å²) in [6.07, 6.45) is 3.60. The topological polar surface area (TPSA) is 73.7 Å². The molecule has 1 atom stereocenters. The zero-order chi connectivity index (χ0) is 21.1. The number of carbonyl (C=O) groups is 2. The molecule has 1 N–H and O–H groups in total. The minimum atomic E-state index is -0.613. The van der Waals surface area contributed by atoms with Gasteiger partial charge in [0.1, 0.15) is 0 Å². The van der Waals surface area contributed by atoms with Crippen LogP contribution in [-0.4, -0.2) is 40.8 Å². The van der Waals surface area contributed by atoms with Crippen molar-refractivity contribution in [3.63, 3.8) is 0 Å². The van der Waals surface area contributed by atoms with Crippen molar-refractivity contribution in [1.29, 1.82) is 0 Å². The van der Waals surface area contributed by atoms with Gasteiger partial charge in [0.2, 0.25) is 0 Å². The van der Waals surface area contributed by atoms with E-state index in [0.29, 0.717) is 0 Å². The van der Waals surface area contributed by atoms with E-state index in [0.717, 1.165) is 16.8 Å². The van der Waals surface area contributed by atoms with Gasteiger partial charge in [0.25, 0.3) is 5.91 Å². The molecule has 3 rings (SSSR count). The summed E-state index contributed by atoms with van der Waals surface area (Å²) in [6, 6.07) is 10.8. The second-order valence-corrected chi connectivity index (χ2v) is 7.96. The molecule has 2 aromatic rings. The normalized spacial score (nSPS) is 16.7. The second-order valence-electron chi connectivity index (χ2n) is 7.96. The minimum absolute atomic E-state index is 0.129. The predicted molar refractivity (Wildman–Crippen MR) is 112 cm³/mol. The van der Waals surface area contributed by atoms with Crippen LogP contribution in [0.15, 0.2) is 60.1 Å². The van der Waals surface area contributed by atoms with Gasteiger partial charge in [-0.3, -0.25) is 14.6 Å². The van der Waals surface area contributed by atoms with Crippen molar-refractivity contribution in [3.05, 3.63) is 71.3 Å². The molecule has 1 amide bonds. The Kier molecular flexibility index (Phi) is 6.01. The maximum atomic E-state index is 13.0. The quantitative estimate of drug-likeness (QED) is 0.777. The highest BCUT2D eigenvalue weighted by Gasteiger charge is 2.43. The number of benzene rings is 1. The Morgan fingerprint density at radius 3 is 2.31 bits per heavy atom. The molecule has 6 nitrogen and oxygen atoms in total. The molecule has 0 bridgehead atoms. The zero-order valence-electron chi connectivity index (χ0n) is 17.3. The number of amides is 1. The number of ketones is 1. The molecule has 0 fully saturated rings. The molecule has 1 aliphatic heterocycles. The highest BCUT2D eigenvalue weighted by Crippen LogP contribution is 2.40. The lowest BCUT2D eigenvalue weighted by Gasteiger charge is -2.27. The van der Waals surface area contributed by atoms with Gasteiger partial charge in [0.15, 0.2) is 11.5 Å². The summed E-state index contributed by atoms with van der Waals surface area (Å²) in [5.74, 6) is -1.02. The summed E-state index contributed by atoms with van der Waals surface area (Å²) < 4.78 is 0. The first-order valence-electron chi connectivity index (χ1n) is 9.73. The van der Waals surface area contributed by atoms with E-state index in [9.17, 15) is 14.7 Å². The Labute approximate surface area is 171 Å². The summed E-state index contributed by atoms with van der Waals surface area (Å²) in [4.78, 5) is 33.4. The van der Waals surface area contributed by atoms with Crippen LogP contribution in [-0.2, 0) is 16.1 Å². The Morgan fingerprint density at radius 1 is 1.14 bits per heavy atom. The van der Waals surface area contributed by atoms with Crippen molar-refractivity contribution in [2.45, 2.75) is 32.9 Å². The standard InChI is InChI=1S/C23H27N3O3/c1-15(2)13-19(27)20-21(17-5-7-18(8-6-17)25(3)4)26(23(29)22(20)28)14-16-9-11-24-12-10-16/h5-12,15,21,28H,13-14H2,1-4H3. The lowest BCUT2D eigenvalue weighted by atomic mass is 9.92. The fourth-order valence-corrected chi connectivity index (χ4v) is 3.57. The Hall–Kier alpha value is -3.15. The fourth-order valence-electron chi connectivity index (χ4n) is 3.57. The van der Waals surface area contributed by atoms with Gasteiger partial charge in [0.05, 0.1) is 11.6 Å². The molecular formula is C23H27N3O3. The molecule has 152 valence electrons. The number of nitrogens with zero attached hydrogens (tertiary/aromatic N) is 3. The van der Waals surface area contributed by atoms with Crippen molar-refractivity contribution in [2.24, 2.45) is 5.92 Å². The van der Waals surface area contributed by atoms with Crippen LogP contribution in [0.2, 0.25) is 0 Å². The molecule has 6 heteroatoms. The molecule has 0 spiro atoms. The second kappa shape index (κ2) is 8.47. The maximum Gasteiger partial charge on any atom is 0.290 e. The minimum Gasteiger partial charge on any atom is -0.503 e. The monoisotopic (exact) mass is 393 g/mol. The van der Waals surface area contributed by atoms with Gasteiger partial charge in [-0.1, -0.05) is 26.0 Å². The summed E-state index contributed by atoms with van der Waals surface area (Å²) in [7, 11) is 3.90. The van der Waals surface area contributed by atoms with E-state index in [1.54, 1.807) is 17.3 Å². The van der Waals surface area contributed by atoms with Gasteiger partial charge in [-0.05, 0) is 41.3 Å². The van der Waals surface area contributed by atoms with E-state index >= 15 is 0 Å². The molecule has 1 aliphatic rings. The van der Waals surface area contributed by atoms with Crippen molar-refractivity contribution in [1.82, 2.24) is 9.88 Å². The van der Waals surface area contributed by atoms with E-state index < -0.39 is 17.7 Å². The van der Waals surface area contributed by atoms with Gasteiger partial charge in [-0.15, -0.1) is 0 Å². The number of Topliss-reactive ketones (excluding diaryl/α,β-unsaturated/α-hetero) is 1. The van der Waals surface area contributed by atoms with Gasteiger partial charge < -0.3 is 14.9 Å². The van der Waals surface area contributed by atoms with Crippen LogP contribution in [0.3, 0.4) is 0 Å². The summed E-state index contributed by atoms with van der Waals surface area (Å²) >= 11 is 0. The Bertz CT molecular complexity index is 918. The number of aliphatic hydroxyl groups excluding tert-OH is 1. The van der Waals surface area contributed by atoms with E-state index in [-0.39, 0.29) is 30.2 Å².